The minimum Gasteiger partial charge on any atom is -0.375 e. The maximum atomic E-state index is 5.62. The van der Waals surface area contributed by atoms with Gasteiger partial charge in [0.25, 0.3) is 0 Å². The second-order valence-corrected chi connectivity index (χ2v) is 7.59. The van der Waals surface area contributed by atoms with Crippen molar-refractivity contribution >= 4 is 17.2 Å². The van der Waals surface area contributed by atoms with E-state index in [4.69, 9.17) is 12.2 Å². The van der Waals surface area contributed by atoms with E-state index in [2.05, 4.69) is 57.2 Å². The number of thiocarbonyl (C=S) groups is 1. The minimum atomic E-state index is 0.154. The lowest BCUT2D eigenvalue weighted by atomic mass is 9.87. The highest BCUT2D eigenvalue weighted by molar-refractivity contribution is 7.80. The molecule has 2 N–H and O–H groups in total. The van der Waals surface area contributed by atoms with Crippen LogP contribution in [0.5, 0.6) is 0 Å². The topological polar surface area (TPSA) is 41.9 Å². The first-order chi connectivity index (χ1) is 9.62. The van der Waals surface area contributed by atoms with Gasteiger partial charge in [-0.1, -0.05) is 46.8 Å². The van der Waals surface area contributed by atoms with Crippen LogP contribution in [0.3, 0.4) is 0 Å². The van der Waals surface area contributed by atoms with Crippen LogP contribution in [0.25, 0.3) is 0 Å². The summed E-state index contributed by atoms with van der Waals surface area (Å²) >= 11 is 5.62. The molecule has 0 aliphatic rings. The van der Waals surface area contributed by atoms with Crippen LogP contribution in [-0.4, -0.2) is 26.6 Å². The van der Waals surface area contributed by atoms with Gasteiger partial charge in [0.1, 0.15) is 5.82 Å². The average molecular weight is 311 g/mol. The molecule has 0 saturated heterocycles. The highest BCUT2D eigenvalue weighted by Gasteiger charge is 2.25. The van der Waals surface area contributed by atoms with Crippen LogP contribution in [0.15, 0.2) is 12.4 Å². The van der Waals surface area contributed by atoms with Gasteiger partial charge in [0, 0.05) is 25.5 Å². The molecule has 120 valence electrons. The lowest BCUT2D eigenvalue weighted by Crippen LogP contribution is -2.51. The SMILES string of the molecule is CC(C)[C@H](NCc1nccn1C)C(=S)N[C@H](C)C(C)(C)C. The van der Waals surface area contributed by atoms with Crippen molar-refractivity contribution in [3.05, 3.63) is 18.2 Å². The highest BCUT2D eigenvalue weighted by Crippen LogP contribution is 2.19. The molecule has 2 atom stereocenters. The van der Waals surface area contributed by atoms with Crippen LogP contribution in [0.4, 0.5) is 0 Å². The average Bonchev–Trinajstić information content (AvgIpc) is 2.73. The monoisotopic (exact) mass is 310 g/mol. The third-order valence-electron chi connectivity index (χ3n) is 4.01. The van der Waals surface area contributed by atoms with Crippen LogP contribution in [-0.2, 0) is 13.6 Å². The number of rotatable bonds is 6. The number of hydrogen-bond acceptors (Lipinski definition) is 3. The predicted octanol–water partition coefficient (Wildman–Crippen LogP) is 2.89. The fourth-order valence-electron chi connectivity index (χ4n) is 1.92. The quantitative estimate of drug-likeness (QED) is 0.793. The summed E-state index contributed by atoms with van der Waals surface area (Å²) < 4.78 is 2.03. The van der Waals surface area contributed by atoms with Crippen LogP contribution in [0, 0.1) is 11.3 Å². The van der Waals surface area contributed by atoms with Crippen LogP contribution in [0.2, 0.25) is 0 Å². The molecule has 0 bridgehead atoms. The van der Waals surface area contributed by atoms with E-state index >= 15 is 0 Å². The molecule has 0 aromatic carbocycles. The molecule has 1 aromatic rings. The van der Waals surface area contributed by atoms with Crippen molar-refractivity contribution in [1.29, 1.82) is 0 Å². The Morgan fingerprint density at radius 2 is 1.95 bits per heavy atom. The van der Waals surface area contributed by atoms with Gasteiger partial charge in [-0.2, -0.15) is 0 Å². The number of nitrogens with zero attached hydrogens (tertiary/aromatic N) is 2. The molecule has 0 unspecified atom stereocenters. The largest absolute Gasteiger partial charge is 0.375 e. The van der Waals surface area contributed by atoms with Gasteiger partial charge in [0.15, 0.2) is 0 Å². The van der Waals surface area contributed by atoms with E-state index in [0.29, 0.717) is 12.0 Å². The molecule has 0 amide bonds. The molecule has 0 radical (unpaired) electrons. The van der Waals surface area contributed by atoms with E-state index in [1.54, 1.807) is 0 Å². The molecule has 0 spiro atoms. The molecule has 0 aliphatic carbocycles. The van der Waals surface area contributed by atoms with Gasteiger partial charge in [-0.15, -0.1) is 0 Å². The smallest absolute Gasteiger partial charge is 0.122 e. The van der Waals surface area contributed by atoms with Gasteiger partial charge in [-0.25, -0.2) is 4.98 Å². The summed E-state index contributed by atoms with van der Waals surface area (Å²) in [6.45, 7) is 13.9. The molecule has 4 nitrogen and oxygen atoms in total. The zero-order valence-electron chi connectivity index (χ0n) is 14.4. The molecule has 21 heavy (non-hydrogen) atoms. The Labute approximate surface area is 134 Å². The van der Waals surface area contributed by atoms with Crippen LogP contribution >= 0.6 is 12.2 Å². The van der Waals surface area contributed by atoms with Gasteiger partial charge in [0.2, 0.25) is 0 Å². The zero-order valence-corrected chi connectivity index (χ0v) is 15.2. The second-order valence-electron chi connectivity index (χ2n) is 7.15. The van der Waals surface area contributed by atoms with Crippen molar-refractivity contribution in [2.75, 3.05) is 0 Å². The van der Waals surface area contributed by atoms with Crippen LogP contribution < -0.4 is 10.6 Å². The molecule has 5 heteroatoms. The Kier molecular flexibility index (Phi) is 6.35. The summed E-state index contributed by atoms with van der Waals surface area (Å²) in [4.78, 5) is 5.23. The van der Waals surface area contributed by atoms with Gasteiger partial charge < -0.3 is 15.2 Å². The van der Waals surface area contributed by atoms with Crippen molar-refractivity contribution in [2.24, 2.45) is 18.4 Å². The van der Waals surface area contributed by atoms with E-state index < -0.39 is 0 Å². The van der Waals surface area contributed by atoms with E-state index in [1.165, 1.54) is 0 Å². The third kappa shape index (κ3) is 5.40. The zero-order chi connectivity index (χ0) is 16.2. The molecular formula is C16H30N4S. The number of imidazole rings is 1. The van der Waals surface area contributed by atoms with Gasteiger partial charge in [0.05, 0.1) is 17.6 Å². The van der Waals surface area contributed by atoms with E-state index in [-0.39, 0.29) is 11.5 Å². The summed E-state index contributed by atoms with van der Waals surface area (Å²) in [5.41, 5.74) is 0.186. The minimum absolute atomic E-state index is 0.154. The first kappa shape index (κ1) is 18.1. The molecule has 0 saturated carbocycles. The summed E-state index contributed by atoms with van der Waals surface area (Å²) in [7, 11) is 2.01. The Morgan fingerprint density at radius 3 is 2.38 bits per heavy atom. The molecule has 0 fully saturated rings. The standard InChI is InChI=1S/C16H30N4S/c1-11(2)14(15(21)19-12(3)16(4,5)6)18-10-13-17-8-9-20(13)7/h8-9,11-12,14,18H,10H2,1-7H3,(H,19,21)/t12-,14+/m1/s1. The maximum Gasteiger partial charge on any atom is 0.122 e. The normalized spacial score (nSPS) is 15.0. The van der Waals surface area contributed by atoms with Crippen molar-refractivity contribution in [1.82, 2.24) is 20.2 Å². The molecule has 0 aliphatic heterocycles. The Hall–Kier alpha value is -0.940. The predicted molar refractivity (Wildman–Crippen MR) is 93.3 cm³/mol. The second kappa shape index (κ2) is 7.36. The Morgan fingerprint density at radius 1 is 1.33 bits per heavy atom. The van der Waals surface area contributed by atoms with E-state index in [0.717, 1.165) is 17.4 Å². The van der Waals surface area contributed by atoms with Crippen molar-refractivity contribution in [3.8, 4) is 0 Å². The van der Waals surface area contributed by atoms with E-state index in [9.17, 15) is 0 Å². The lowest BCUT2D eigenvalue weighted by Gasteiger charge is -2.32. The van der Waals surface area contributed by atoms with Crippen LogP contribution in [0.1, 0.15) is 47.4 Å². The summed E-state index contributed by atoms with van der Waals surface area (Å²) in [5, 5.41) is 7.02. The molecule has 1 rings (SSSR count). The first-order valence-corrected chi connectivity index (χ1v) is 8.03. The van der Waals surface area contributed by atoms with Crippen molar-refractivity contribution in [2.45, 2.75) is 60.2 Å². The fourth-order valence-corrected chi connectivity index (χ4v) is 2.45. The number of aromatic nitrogens is 2. The van der Waals surface area contributed by atoms with Gasteiger partial charge in [-0.05, 0) is 18.3 Å². The molecule has 1 heterocycles. The third-order valence-corrected chi connectivity index (χ3v) is 4.38. The summed E-state index contributed by atoms with van der Waals surface area (Å²) in [5.74, 6) is 1.45. The number of hydrogen-bond donors (Lipinski definition) is 2. The Bertz CT molecular complexity index is 459. The summed E-state index contributed by atoms with van der Waals surface area (Å²) in [6, 6.07) is 0.489. The van der Waals surface area contributed by atoms with Gasteiger partial charge in [-0.3, -0.25) is 0 Å². The lowest BCUT2D eigenvalue weighted by molar-refractivity contribution is 0.312. The van der Waals surface area contributed by atoms with Gasteiger partial charge >= 0.3 is 0 Å². The van der Waals surface area contributed by atoms with Crippen molar-refractivity contribution < 1.29 is 0 Å². The summed E-state index contributed by atoms with van der Waals surface area (Å²) in [6.07, 6.45) is 3.78. The fraction of sp³-hybridized carbons (Fsp3) is 0.750. The van der Waals surface area contributed by atoms with E-state index in [1.807, 2.05) is 24.0 Å². The highest BCUT2D eigenvalue weighted by atomic mass is 32.1. The maximum absolute atomic E-state index is 5.62. The first-order valence-electron chi connectivity index (χ1n) is 7.63. The molecular weight excluding hydrogens is 280 g/mol. The number of nitrogens with one attached hydrogen (secondary N) is 2. The van der Waals surface area contributed by atoms with Crippen molar-refractivity contribution in [3.63, 3.8) is 0 Å². The Balaban J connectivity index is 2.65. The number of aryl methyl sites for hydroxylation is 1. The molecule has 1 aromatic heterocycles.